The number of amides is 1. The fraction of sp³-hybridized carbons (Fsp3) is 0.294. The standard InChI is InChI=1S/C17H19NO5S/c1-11(15-5-4-6-24-15)18-16(19)10-23-17(20)12-7-13(21-2)9-14(8-12)22-3/h4-9,11H,10H2,1-3H3,(H,18,19)/t11-/m0/s1. The molecule has 0 spiro atoms. The first-order valence-corrected chi connectivity index (χ1v) is 8.14. The highest BCUT2D eigenvalue weighted by molar-refractivity contribution is 7.10. The molecule has 0 radical (unpaired) electrons. The van der Waals surface area contributed by atoms with Crippen molar-refractivity contribution in [3.63, 3.8) is 0 Å². The molecule has 0 bridgehead atoms. The van der Waals surface area contributed by atoms with Gasteiger partial charge in [0, 0.05) is 10.9 Å². The maximum absolute atomic E-state index is 12.1. The average molecular weight is 349 g/mol. The van der Waals surface area contributed by atoms with Crippen LogP contribution in [0.5, 0.6) is 11.5 Å². The van der Waals surface area contributed by atoms with E-state index in [2.05, 4.69) is 5.32 Å². The highest BCUT2D eigenvalue weighted by atomic mass is 32.1. The Balaban J connectivity index is 1.91. The highest BCUT2D eigenvalue weighted by Crippen LogP contribution is 2.23. The van der Waals surface area contributed by atoms with Crippen LogP contribution in [0.1, 0.15) is 28.2 Å². The predicted molar refractivity (Wildman–Crippen MR) is 90.7 cm³/mol. The second-order valence-corrected chi connectivity index (χ2v) is 5.96. The van der Waals surface area contributed by atoms with E-state index in [9.17, 15) is 9.59 Å². The summed E-state index contributed by atoms with van der Waals surface area (Å²) in [6.45, 7) is 1.52. The zero-order valence-corrected chi connectivity index (χ0v) is 14.5. The van der Waals surface area contributed by atoms with Gasteiger partial charge in [-0.05, 0) is 30.5 Å². The molecular weight excluding hydrogens is 330 g/mol. The van der Waals surface area contributed by atoms with Crippen molar-refractivity contribution in [2.24, 2.45) is 0 Å². The van der Waals surface area contributed by atoms with Crippen LogP contribution < -0.4 is 14.8 Å². The number of benzene rings is 1. The van der Waals surface area contributed by atoms with Crippen LogP contribution in [0.2, 0.25) is 0 Å². The lowest BCUT2D eigenvalue weighted by molar-refractivity contribution is -0.124. The largest absolute Gasteiger partial charge is 0.497 e. The Labute approximate surface area is 144 Å². The molecule has 2 aromatic rings. The van der Waals surface area contributed by atoms with Crippen LogP contribution in [0, 0.1) is 0 Å². The van der Waals surface area contributed by atoms with Crippen molar-refractivity contribution in [1.29, 1.82) is 0 Å². The number of methoxy groups -OCH3 is 2. The molecule has 24 heavy (non-hydrogen) atoms. The summed E-state index contributed by atoms with van der Waals surface area (Å²) in [7, 11) is 2.98. The molecule has 1 heterocycles. The summed E-state index contributed by atoms with van der Waals surface area (Å²) in [6.07, 6.45) is 0. The van der Waals surface area contributed by atoms with Crippen LogP contribution in [-0.4, -0.2) is 32.7 Å². The first-order valence-electron chi connectivity index (χ1n) is 7.26. The number of ether oxygens (including phenoxy) is 3. The molecule has 1 aromatic carbocycles. The molecule has 0 aliphatic rings. The molecule has 1 aromatic heterocycles. The molecule has 0 saturated carbocycles. The summed E-state index contributed by atoms with van der Waals surface area (Å²) in [6, 6.07) is 8.41. The lowest BCUT2D eigenvalue weighted by atomic mass is 10.2. The Hall–Kier alpha value is -2.54. The molecule has 2 rings (SSSR count). The van der Waals surface area contributed by atoms with E-state index < -0.39 is 5.97 Å². The fourth-order valence-corrected chi connectivity index (χ4v) is 2.77. The van der Waals surface area contributed by atoms with Gasteiger partial charge < -0.3 is 19.5 Å². The predicted octanol–water partition coefficient (Wildman–Crippen LogP) is 2.80. The third kappa shape index (κ3) is 4.73. The summed E-state index contributed by atoms with van der Waals surface area (Å²) in [5.41, 5.74) is 0.255. The summed E-state index contributed by atoms with van der Waals surface area (Å²) < 4.78 is 15.3. The zero-order valence-electron chi connectivity index (χ0n) is 13.7. The van der Waals surface area contributed by atoms with Crippen molar-refractivity contribution in [3.05, 3.63) is 46.2 Å². The van der Waals surface area contributed by atoms with E-state index in [1.54, 1.807) is 17.4 Å². The van der Waals surface area contributed by atoms with Gasteiger partial charge in [0.2, 0.25) is 0 Å². The van der Waals surface area contributed by atoms with Gasteiger partial charge in [-0.2, -0.15) is 0 Å². The van der Waals surface area contributed by atoms with Crippen LogP contribution >= 0.6 is 11.3 Å². The molecule has 128 valence electrons. The first kappa shape index (κ1) is 17.8. The second kappa shape index (κ2) is 8.35. The molecule has 1 N–H and O–H groups in total. The fourth-order valence-electron chi connectivity index (χ4n) is 2.03. The van der Waals surface area contributed by atoms with Crippen molar-refractivity contribution >= 4 is 23.2 Å². The Morgan fingerprint density at radius 3 is 2.38 bits per heavy atom. The van der Waals surface area contributed by atoms with Gasteiger partial charge in [-0.3, -0.25) is 4.79 Å². The SMILES string of the molecule is COc1cc(OC)cc(C(=O)OCC(=O)N[C@@H](C)c2cccs2)c1. The van der Waals surface area contributed by atoms with Crippen molar-refractivity contribution in [2.45, 2.75) is 13.0 Å². The van der Waals surface area contributed by atoms with Crippen LogP contribution in [0.15, 0.2) is 35.7 Å². The zero-order chi connectivity index (χ0) is 17.5. The molecular formula is C17H19NO5S. The van der Waals surface area contributed by atoms with Crippen LogP contribution in [0.25, 0.3) is 0 Å². The third-order valence-electron chi connectivity index (χ3n) is 3.27. The molecule has 0 fully saturated rings. The van der Waals surface area contributed by atoms with E-state index in [1.807, 2.05) is 24.4 Å². The molecule has 6 nitrogen and oxygen atoms in total. The van der Waals surface area contributed by atoms with E-state index in [4.69, 9.17) is 14.2 Å². The first-order chi connectivity index (χ1) is 11.5. The van der Waals surface area contributed by atoms with Crippen LogP contribution in [-0.2, 0) is 9.53 Å². The summed E-state index contributed by atoms with van der Waals surface area (Å²) >= 11 is 1.55. The summed E-state index contributed by atoms with van der Waals surface area (Å²) in [4.78, 5) is 25.0. The third-order valence-corrected chi connectivity index (χ3v) is 4.32. The molecule has 1 atom stereocenters. The number of nitrogens with one attached hydrogen (secondary N) is 1. The lowest BCUT2D eigenvalue weighted by Gasteiger charge is -2.12. The van der Waals surface area contributed by atoms with Gasteiger partial charge >= 0.3 is 5.97 Å². The molecule has 0 unspecified atom stereocenters. The maximum atomic E-state index is 12.1. The Kier molecular flexibility index (Phi) is 6.20. The normalized spacial score (nSPS) is 11.5. The number of carbonyl (C=O) groups is 2. The van der Waals surface area contributed by atoms with E-state index in [-0.39, 0.29) is 24.1 Å². The minimum Gasteiger partial charge on any atom is -0.497 e. The van der Waals surface area contributed by atoms with Gasteiger partial charge in [0.25, 0.3) is 5.91 Å². The van der Waals surface area contributed by atoms with Gasteiger partial charge in [0.05, 0.1) is 25.8 Å². The Morgan fingerprint density at radius 1 is 1.17 bits per heavy atom. The number of esters is 1. The molecule has 7 heteroatoms. The minimum atomic E-state index is -0.619. The smallest absolute Gasteiger partial charge is 0.338 e. The van der Waals surface area contributed by atoms with Crippen molar-refractivity contribution in [1.82, 2.24) is 5.32 Å². The van der Waals surface area contributed by atoms with Crippen molar-refractivity contribution in [2.75, 3.05) is 20.8 Å². The average Bonchev–Trinajstić information content (AvgIpc) is 3.13. The van der Waals surface area contributed by atoms with Crippen molar-refractivity contribution in [3.8, 4) is 11.5 Å². The molecule has 0 aliphatic heterocycles. The van der Waals surface area contributed by atoms with Gasteiger partial charge in [0.15, 0.2) is 6.61 Å². The monoisotopic (exact) mass is 349 g/mol. The highest BCUT2D eigenvalue weighted by Gasteiger charge is 2.15. The topological polar surface area (TPSA) is 73.9 Å². The van der Waals surface area contributed by atoms with E-state index >= 15 is 0 Å². The molecule has 1 amide bonds. The van der Waals surface area contributed by atoms with Gasteiger partial charge in [-0.1, -0.05) is 6.07 Å². The number of rotatable bonds is 7. The molecule has 0 saturated heterocycles. The Morgan fingerprint density at radius 2 is 1.83 bits per heavy atom. The number of hydrogen-bond acceptors (Lipinski definition) is 6. The number of carbonyl (C=O) groups excluding carboxylic acids is 2. The van der Waals surface area contributed by atoms with Crippen LogP contribution in [0.4, 0.5) is 0 Å². The number of thiophene rings is 1. The maximum Gasteiger partial charge on any atom is 0.338 e. The van der Waals surface area contributed by atoms with E-state index in [0.29, 0.717) is 11.5 Å². The van der Waals surface area contributed by atoms with Crippen molar-refractivity contribution < 1.29 is 23.8 Å². The summed E-state index contributed by atoms with van der Waals surface area (Å²) in [5.74, 6) is -0.0422. The number of hydrogen-bond donors (Lipinski definition) is 1. The quantitative estimate of drug-likeness (QED) is 0.778. The molecule has 0 aliphatic carbocycles. The second-order valence-electron chi connectivity index (χ2n) is 4.98. The summed E-state index contributed by atoms with van der Waals surface area (Å²) in [5, 5.41) is 4.72. The van der Waals surface area contributed by atoms with E-state index in [1.165, 1.54) is 26.4 Å². The van der Waals surface area contributed by atoms with Gasteiger partial charge in [0.1, 0.15) is 11.5 Å². The van der Waals surface area contributed by atoms with Gasteiger partial charge in [-0.15, -0.1) is 11.3 Å². The Bertz CT molecular complexity index is 677. The lowest BCUT2D eigenvalue weighted by Crippen LogP contribution is -2.30. The minimum absolute atomic E-state index is 0.131. The van der Waals surface area contributed by atoms with E-state index in [0.717, 1.165) is 4.88 Å². The van der Waals surface area contributed by atoms with Crippen LogP contribution in [0.3, 0.4) is 0 Å². The van der Waals surface area contributed by atoms with Gasteiger partial charge in [-0.25, -0.2) is 4.79 Å².